The molecule has 0 radical (unpaired) electrons. The first-order valence-electron chi connectivity index (χ1n) is 11.1. The van der Waals surface area contributed by atoms with E-state index < -0.39 is 5.60 Å². The van der Waals surface area contributed by atoms with Gasteiger partial charge in [0.25, 0.3) is 0 Å². The van der Waals surface area contributed by atoms with Crippen molar-refractivity contribution in [2.45, 2.75) is 84.4 Å². The predicted molar refractivity (Wildman–Crippen MR) is 114 cm³/mol. The normalized spacial score (nSPS) is 19.9. The van der Waals surface area contributed by atoms with E-state index >= 15 is 0 Å². The Morgan fingerprint density at radius 1 is 1.28 bits per heavy atom. The number of fused-ring (bicyclic) bond motifs is 2. The third-order valence-electron chi connectivity index (χ3n) is 5.76. The summed E-state index contributed by atoms with van der Waals surface area (Å²) < 4.78 is 11.8. The highest BCUT2D eigenvalue weighted by Gasteiger charge is 2.35. The fraction of sp³-hybridized carbons (Fsp3) is 0.739. The Bertz CT molecular complexity index is 695. The predicted octanol–water partition coefficient (Wildman–Crippen LogP) is 4.58. The maximum atomic E-state index is 12.5. The van der Waals surface area contributed by atoms with Crippen molar-refractivity contribution in [2.75, 3.05) is 26.2 Å². The van der Waals surface area contributed by atoms with Gasteiger partial charge in [-0.05, 0) is 39.7 Å². The molecule has 0 N–H and O–H groups in total. The maximum absolute atomic E-state index is 12.5. The number of rotatable bonds is 5. The Kier molecular flexibility index (Phi) is 7.04. The highest BCUT2D eigenvalue weighted by atomic mass is 16.6. The third-order valence-corrected chi connectivity index (χ3v) is 5.76. The topological polar surface area (TPSA) is 54.9 Å². The zero-order valence-corrected chi connectivity index (χ0v) is 18.7. The number of carbonyl (C=O) groups is 1. The first kappa shape index (κ1) is 21.9. The van der Waals surface area contributed by atoms with Crippen molar-refractivity contribution in [3.8, 4) is 5.75 Å². The lowest BCUT2D eigenvalue weighted by atomic mass is 9.90. The molecule has 1 amide bonds. The van der Waals surface area contributed by atoms with Crippen molar-refractivity contribution >= 4 is 6.09 Å². The zero-order chi connectivity index (χ0) is 21.0. The van der Waals surface area contributed by atoms with Gasteiger partial charge in [0.05, 0.1) is 11.7 Å². The number of nitrogens with zero attached hydrogens (tertiary/aromatic N) is 3. The minimum Gasteiger partial charge on any atom is -0.491 e. The van der Waals surface area contributed by atoms with Crippen LogP contribution in [0.3, 0.4) is 0 Å². The van der Waals surface area contributed by atoms with Crippen LogP contribution in [0.2, 0.25) is 0 Å². The van der Waals surface area contributed by atoms with Crippen LogP contribution in [-0.2, 0) is 11.3 Å². The largest absolute Gasteiger partial charge is 0.491 e. The smallest absolute Gasteiger partial charge is 0.410 e. The minimum absolute atomic E-state index is 0.173. The van der Waals surface area contributed by atoms with E-state index in [0.29, 0.717) is 25.6 Å². The molecule has 0 bridgehead atoms. The Labute approximate surface area is 175 Å². The maximum Gasteiger partial charge on any atom is 0.410 e. The SMILES string of the molecule is CCCC(CCC)c1nccc2c1CN1CCN(C(=O)OC(C)(C)C)CC1CO2. The molecular weight excluding hydrogens is 366 g/mol. The Morgan fingerprint density at radius 2 is 2.00 bits per heavy atom. The van der Waals surface area contributed by atoms with Gasteiger partial charge in [-0.3, -0.25) is 9.88 Å². The lowest BCUT2D eigenvalue weighted by molar-refractivity contribution is -0.00158. The van der Waals surface area contributed by atoms with Gasteiger partial charge in [-0.2, -0.15) is 0 Å². The molecule has 1 unspecified atom stereocenters. The van der Waals surface area contributed by atoms with Crippen LogP contribution < -0.4 is 4.74 Å². The molecule has 6 nitrogen and oxygen atoms in total. The molecule has 29 heavy (non-hydrogen) atoms. The third kappa shape index (κ3) is 5.41. The minimum atomic E-state index is -0.474. The van der Waals surface area contributed by atoms with Crippen molar-refractivity contribution in [2.24, 2.45) is 0 Å². The van der Waals surface area contributed by atoms with Crippen LogP contribution in [0.1, 0.15) is 77.5 Å². The van der Waals surface area contributed by atoms with Gasteiger partial charge in [0, 0.05) is 43.9 Å². The van der Waals surface area contributed by atoms with Gasteiger partial charge in [0.2, 0.25) is 0 Å². The molecule has 0 aromatic carbocycles. The van der Waals surface area contributed by atoms with E-state index in [1.807, 2.05) is 37.9 Å². The van der Waals surface area contributed by atoms with Crippen LogP contribution in [0.15, 0.2) is 12.3 Å². The van der Waals surface area contributed by atoms with Crippen LogP contribution in [0.5, 0.6) is 5.75 Å². The average molecular weight is 404 g/mol. The molecule has 162 valence electrons. The van der Waals surface area contributed by atoms with Crippen LogP contribution in [0, 0.1) is 0 Å². The van der Waals surface area contributed by atoms with Gasteiger partial charge in [-0.25, -0.2) is 4.79 Å². The molecule has 3 heterocycles. The van der Waals surface area contributed by atoms with Gasteiger partial charge >= 0.3 is 6.09 Å². The Balaban J connectivity index is 1.76. The first-order chi connectivity index (χ1) is 13.8. The molecule has 0 aliphatic carbocycles. The van der Waals surface area contributed by atoms with Gasteiger partial charge < -0.3 is 14.4 Å². The molecule has 0 saturated carbocycles. The highest BCUT2D eigenvalue weighted by Crippen LogP contribution is 2.35. The fourth-order valence-electron chi connectivity index (χ4n) is 4.39. The molecule has 1 aromatic rings. The van der Waals surface area contributed by atoms with E-state index in [9.17, 15) is 4.79 Å². The summed E-state index contributed by atoms with van der Waals surface area (Å²) in [6.07, 6.45) is 6.30. The Morgan fingerprint density at radius 3 is 2.66 bits per heavy atom. The first-order valence-corrected chi connectivity index (χ1v) is 11.1. The van der Waals surface area contributed by atoms with Gasteiger partial charge in [-0.1, -0.05) is 26.7 Å². The van der Waals surface area contributed by atoms with E-state index in [0.717, 1.165) is 44.5 Å². The summed E-state index contributed by atoms with van der Waals surface area (Å²) in [5.41, 5.74) is 1.98. The van der Waals surface area contributed by atoms with Gasteiger partial charge in [-0.15, -0.1) is 0 Å². The molecule has 1 aromatic heterocycles. The number of ether oxygens (including phenoxy) is 2. The molecule has 2 aliphatic heterocycles. The van der Waals surface area contributed by atoms with Crippen LogP contribution in [0.4, 0.5) is 4.79 Å². The summed E-state index contributed by atoms with van der Waals surface area (Å²) in [5, 5.41) is 0. The molecule has 0 spiro atoms. The van der Waals surface area contributed by atoms with E-state index in [1.165, 1.54) is 11.3 Å². The lowest BCUT2D eigenvalue weighted by Gasteiger charge is -2.40. The van der Waals surface area contributed by atoms with Crippen molar-refractivity contribution in [3.05, 3.63) is 23.5 Å². The summed E-state index contributed by atoms with van der Waals surface area (Å²) >= 11 is 0. The van der Waals surface area contributed by atoms with E-state index in [1.54, 1.807) is 0 Å². The summed E-state index contributed by atoms with van der Waals surface area (Å²) in [6.45, 7) is 13.8. The molecule has 3 rings (SSSR count). The van der Waals surface area contributed by atoms with Crippen LogP contribution in [0.25, 0.3) is 0 Å². The number of carbonyl (C=O) groups excluding carboxylic acids is 1. The quantitative estimate of drug-likeness (QED) is 0.720. The number of amides is 1. The monoisotopic (exact) mass is 403 g/mol. The molecule has 1 fully saturated rings. The summed E-state index contributed by atoms with van der Waals surface area (Å²) in [6, 6.07) is 2.17. The molecule has 2 aliphatic rings. The van der Waals surface area contributed by atoms with Crippen LogP contribution in [-0.4, -0.2) is 58.8 Å². The zero-order valence-electron chi connectivity index (χ0n) is 18.7. The van der Waals surface area contributed by atoms with Crippen molar-refractivity contribution in [1.29, 1.82) is 0 Å². The van der Waals surface area contributed by atoms with E-state index in [2.05, 4.69) is 18.7 Å². The van der Waals surface area contributed by atoms with Crippen molar-refractivity contribution in [1.82, 2.24) is 14.8 Å². The van der Waals surface area contributed by atoms with E-state index in [-0.39, 0.29) is 12.1 Å². The second-order valence-electron chi connectivity index (χ2n) is 9.31. The number of pyridine rings is 1. The van der Waals surface area contributed by atoms with Gasteiger partial charge in [0.15, 0.2) is 0 Å². The second kappa shape index (κ2) is 9.33. The standard InChI is InChI=1S/C23H37N3O3/c1-6-8-17(9-7-2)21-19-15-25-12-13-26(22(27)29-23(3,4)5)14-18(25)16-28-20(19)10-11-24-21/h10-11,17-18H,6-9,12-16H2,1-5H3. The molecular formula is C23H37N3O3. The van der Waals surface area contributed by atoms with Gasteiger partial charge in [0.1, 0.15) is 18.0 Å². The molecule has 1 atom stereocenters. The summed E-state index contributed by atoms with van der Waals surface area (Å²) in [4.78, 5) is 21.6. The van der Waals surface area contributed by atoms with Crippen molar-refractivity contribution in [3.63, 3.8) is 0 Å². The highest BCUT2D eigenvalue weighted by molar-refractivity contribution is 5.68. The summed E-state index contributed by atoms with van der Waals surface area (Å²) in [5.74, 6) is 1.45. The number of hydrogen-bond donors (Lipinski definition) is 0. The second-order valence-corrected chi connectivity index (χ2v) is 9.31. The molecule has 6 heteroatoms. The van der Waals surface area contributed by atoms with Crippen LogP contribution >= 0.6 is 0 Å². The van der Waals surface area contributed by atoms with E-state index in [4.69, 9.17) is 14.5 Å². The Hall–Kier alpha value is -1.82. The fourth-order valence-corrected chi connectivity index (χ4v) is 4.39. The average Bonchev–Trinajstić information content (AvgIpc) is 2.85. The molecule has 1 saturated heterocycles. The number of piperazine rings is 1. The lowest BCUT2D eigenvalue weighted by Crippen LogP contribution is -2.56. The number of aromatic nitrogens is 1. The summed E-state index contributed by atoms with van der Waals surface area (Å²) in [7, 11) is 0. The van der Waals surface area contributed by atoms with Crippen molar-refractivity contribution < 1.29 is 14.3 Å². The number of hydrogen-bond acceptors (Lipinski definition) is 5.